The van der Waals surface area contributed by atoms with E-state index in [4.69, 9.17) is 9.66 Å². The predicted molar refractivity (Wildman–Crippen MR) is 55.2 cm³/mol. The fraction of sp³-hybridized carbons (Fsp3) is 0.333. The van der Waals surface area contributed by atoms with Gasteiger partial charge in [0.05, 0.1) is 6.04 Å². The standard InChI is InChI=1S/C9H9NO6S/c1-2-4-5-3-6(17(14,15)16)7(9(12)13)10(5)8(4)11/h2,5H,3H2,1H3,(H,12,13)(H,14,15,16)/b4-2+/t5-/m1/s1. The van der Waals surface area contributed by atoms with E-state index >= 15 is 0 Å². The third-order valence-electron chi connectivity index (χ3n) is 2.85. The van der Waals surface area contributed by atoms with Crippen LogP contribution in [0.25, 0.3) is 0 Å². The molecule has 0 aromatic carbocycles. The molecule has 1 atom stereocenters. The second-order valence-corrected chi connectivity index (χ2v) is 5.13. The molecule has 0 aliphatic carbocycles. The molecule has 17 heavy (non-hydrogen) atoms. The van der Waals surface area contributed by atoms with E-state index in [0.717, 1.165) is 4.90 Å². The Hall–Kier alpha value is -1.67. The van der Waals surface area contributed by atoms with E-state index in [2.05, 4.69) is 0 Å². The second kappa shape index (κ2) is 3.41. The number of fused-ring (bicyclic) bond motifs is 1. The quantitative estimate of drug-likeness (QED) is 0.401. The number of amides is 1. The largest absolute Gasteiger partial charge is 0.477 e. The van der Waals surface area contributed by atoms with E-state index in [-0.39, 0.29) is 6.42 Å². The van der Waals surface area contributed by atoms with Crippen molar-refractivity contribution in [3.8, 4) is 0 Å². The van der Waals surface area contributed by atoms with Crippen LogP contribution in [0.1, 0.15) is 13.3 Å². The lowest BCUT2D eigenvalue weighted by Gasteiger charge is -2.37. The van der Waals surface area contributed by atoms with E-state index in [1.165, 1.54) is 6.08 Å². The molecule has 92 valence electrons. The lowest BCUT2D eigenvalue weighted by atomic mass is 9.94. The minimum atomic E-state index is -4.60. The summed E-state index contributed by atoms with van der Waals surface area (Å²) in [7, 11) is -4.60. The summed E-state index contributed by atoms with van der Waals surface area (Å²) in [5.41, 5.74) is -0.282. The number of nitrogens with zero attached hydrogens (tertiary/aromatic N) is 1. The molecule has 0 aromatic rings. The number of aliphatic carboxylic acids is 1. The fourth-order valence-corrected chi connectivity index (χ4v) is 2.93. The monoisotopic (exact) mass is 259 g/mol. The van der Waals surface area contributed by atoms with Gasteiger partial charge in [0.15, 0.2) is 0 Å². The van der Waals surface area contributed by atoms with Crippen molar-refractivity contribution >= 4 is 22.0 Å². The van der Waals surface area contributed by atoms with Crippen LogP contribution >= 0.6 is 0 Å². The van der Waals surface area contributed by atoms with Crippen LogP contribution in [0.4, 0.5) is 0 Å². The zero-order chi connectivity index (χ0) is 13.0. The summed E-state index contributed by atoms with van der Waals surface area (Å²) in [4.78, 5) is 22.8. The van der Waals surface area contributed by atoms with Gasteiger partial charge in [-0.15, -0.1) is 0 Å². The Morgan fingerprint density at radius 3 is 2.53 bits per heavy atom. The molecule has 0 radical (unpaired) electrons. The van der Waals surface area contributed by atoms with Crippen molar-refractivity contribution in [3.05, 3.63) is 22.3 Å². The summed E-state index contributed by atoms with van der Waals surface area (Å²) < 4.78 is 31.0. The zero-order valence-corrected chi connectivity index (χ0v) is 9.56. The molecule has 2 aliphatic rings. The highest BCUT2D eigenvalue weighted by Gasteiger charge is 2.53. The summed E-state index contributed by atoms with van der Waals surface area (Å²) in [5, 5.41) is 8.90. The molecule has 0 aromatic heterocycles. The number of allylic oxidation sites excluding steroid dienone is 1. The third kappa shape index (κ3) is 1.48. The first kappa shape index (κ1) is 11.8. The number of carboxylic acid groups (broad SMARTS) is 1. The minimum absolute atomic E-state index is 0.189. The van der Waals surface area contributed by atoms with Crippen molar-refractivity contribution in [1.29, 1.82) is 0 Å². The molecular weight excluding hydrogens is 250 g/mol. The average molecular weight is 259 g/mol. The predicted octanol–water partition coefficient (Wildman–Crippen LogP) is -0.269. The van der Waals surface area contributed by atoms with Gasteiger partial charge in [-0.05, 0) is 6.92 Å². The smallest absolute Gasteiger partial charge is 0.353 e. The molecule has 7 nitrogen and oxygen atoms in total. The van der Waals surface area contributed by atoms with Gasteiger partial charge in [0, 0.05) is 12.0 Å². The molecule has 2 rings (SSSR count). The summed E-state index contributed by atoms with van der Waals surface area (Å²) >= 11 is 0. The molecular formula is C9H9NO6S. The first-order valence-electron chi connectivity index (χ1n) is 4.72. The first-order chi connectivity index (χ1) is 7.79. The normalized spacial score (nSPS) is 26.2. The van der Waals surface area contributed by atoms with Crippen LogP contribution in [0.15, 0.2) is 22.3 Å². The molecule has 1 fully saturated rings. The van der Waals surface area contributed by atoms with E-state index in [0.29, 0.717) is 5.57 Å². The van der Waals surface area contributed by atoms with Crippen LogP contribution in [0.2, 0.25) is 0 Å². The van der Waals surface area contributed by atoms with Crippen molar-refractivity contribution in [1.82, 2.24) is 4.90 Å². The van der Waals surface area contributed by atoms with Crippen molar-refractivity contribution in [3.63, 3.8) is 0 Å². The highest BCUT2D eigenvalue weighted by molar-refractivity contribution is 7.89. The van der Waals surface area contributed by atoms with Crippen LogP contribution in [0.3, 0.4) is 0 Å². The van der Waals surface area contributed by atoms with E-state index < -0.39 is 38.6 Å². The van der Waals surface area contributed by atoms with Gasteiger partial charge in [0.25, 0.3) is 16.0 Å². The van der Waals surface area contributed by atoms with Crippen molar-refractivity contribution < 1.29 is 27.7 Å². The second-order valence-electron chi connectivity index (χ2n) is 3.69. The van der Waals surface area contributed by atoms with Gasteiger partial charge < -0.3 is 5.11 Å². The molecule has 1 saturated heterocycles. The summed E-state index contributed by atoms with van der Waals surface area (Å²) in [6.07, 6.45) is 1.32. The third-order valence-corrected chi connectivity index (χ3v) is 3.83. The number of hydrogen-bond donors (Lipinski definition) is 2. The van der Waals surface area contributed by atoms with Crippen molar-refractivity contribution in [2.75, 3.05) is 0 Å². The molecule has 2 N–H and O–H groups in total. The zero-order valence-electron chi connectivity index (χ0n) is 8.74. The summed E-state index contributed by atoms with van der Waals surface area (Å²) in [6, 6.07) is -0.587. The first-order valence-corrected chi connectivity index (χ1v) is 6.16. The number of carboxylic acids is 1. The van der Waals surface area contributed by atoms with E-state index in [1.54, 1.807) is 6.92 Å². The van der Waals surface area contributed by atoms with Gasteiger partial charge in [0.2, 0.25) is 0 Å². The SMILES string of the molecule is C/C=C1/C(=O)N2C(C(=O)O)=C(S(=O)(=O)O)C[C@H]12. The number of carbonyl (C=O) groups is 2. The Morgan fingerprint density at radius 1 is 1.53 bits per heavy atom. The number of carbonyl (C=O) groups excluding carboxylic acids is 1. The highest BCUT2D eigenvalue weighted by atomic mass is 32.2. The molecule has 2 heterocycles. The fourth-order valence-electron chi connectivity index (χ4n) is 2.13. The van der Waals surface area contributed by atoms with Gasteiger partial charge in [-0.1, -0.05) is 6.08 Å². The number of hydrogen-bond acceptors (Lipinski definition) is 4. The molecule has 0 unspecified atom stereocenters. The molecule has 1 amide bonds. The molecule has 0 spiro atoms. The Labute approximate surface area is 96.8 Å². The lowest BCUT2D eigenvalue weighted by Crippen LogP contribution is -2.52. The van der Waals surface area contributed by atoms with Crippen LogP contribution in [0, 0.1) is 0 Å². The maximum Gasteiger partial charge on any atom is 0.353 e. The maximum absolute atomic E-state index is 11.5. The topological polar surface area (TPSA) is 112 Å². The Kier molecular flexibility index (Phi) is 2.37. The van der Waals surface area contributed by atoms with Gasteiger partial charge in [0.1, 0.15) is 10.6 Å². The maximum atomic E-state index is 11.5. The minimum Gasteiger partial charge on any atom is -0.477 e. The number of β-lactam (4-membered cyclic amide) rings is 1. The van der Waals surface area contributed by atoms with Crippen LogP contribution < -0.4 is 0 Å². The molecule has 8 heteroatoms. The van der Waals surface area contributed by atoms with Crippen LogP contribution in [-0.2, 0) is 19.7 Å². The lowest BCUT2D eigenvalue weighted by molar-refractivity contribution is -0.142. The van der Waals surface area contributed by atoms with Gasteiger partial charge in [-0.25, -0.2) is 4.79 Å². The molecule has 2 aliphatic heterocycles. The van der Waals surface area contributed by atoms with Crippen molar-refractivity contribution in [2.24, 2.45) is 0 Å². The van der Waals surface area contributed by atoms with E-state index in [9.17, 15) is 18.0 Å². The summed E-state index contributed by atoms with van der Waals surface area (Å²) in [5.74, 6) is -2.07. The Bertz CT molecular complexity index is 585. The van der Waals surface area contributed by atoms with Crippen molar-refractivity contribution in [2.45, 2.75) is 19.4 Å². The van der Waals surface area contributed by atoms with Gasteiger partial charge in [-0.2, -0.15) is 8.42 Å². The van der Waals surface area contributed by atoms with Gasteiger partial charge >= 0.3 is 5.97 Å². The summed E-state index contributed by atoms with van der Waals surface area (Å²) in [6.45, 7) is 1.61. The Balaban J connectivity index is 2.55. The van der Waals surface area contributed by atoms with Gasteiger partial charge in [-0.3, -0.25) is 14.2 Å². The number of rotatable bonds is 2. The highest BCUT2D eigenvalue weighted by Crippen LogP contribution is 2.43. The average Bonchev–Trinajstić information content (AvgIpc) is 2.53. The van der Waals surface area contributed by atoms with Crippen LogP contribution in [-0.4, -0.2) is 40.9 Å². The van der Waals surface area contributed by atoms with E-state index in [1.807, 2.05) is 0 Å². The molecule has 0 bridgehead atoms. The Morgan fingerprint density at radius 2 is 2.12 bits per heavy atom. The molecule has 0 saturated carbocycles. The van der Waals surface area contributed by atoms with Crippen LogP contribution in [0.5, 0.6) is 0 Å².